The van der Waals surface area contributed by atoms with Crippen LogP contribution in [-0.2, 0) is 12.2 Å². The van der Waals surface area contributed by atoms with Gasteiger partial charge >= 0.3 is 0 Å². The molecule has 0 aliphatic carbocycles. The van der Waals surface area contributed by atoms with Crippen molar-refractivity contribution in [3.8, 4) is 11.5 Å². The molecule has 1 unspecified atom stereocenters. The summed E-state index contributed by atoms with van der Waals surface area (Å²) in [6, 6.07) is 10.8. The van der Waals surface area contributed by atoms with Crippen LogP contribution in [0.2, 0.25) is 0 Å². The van der Waals surface area contributed by atoms with Crippen LogP contribution in [0.25, 0.3) is 11.5 Å². The molecule has 2 aromatic heterocycles. The number of hydrogen-bond donors (Lipinski definition) is 0. The van der Waals surface area contributed by atoms with E-state index < -0.39 is 5.67 Å². The second-order valence-corrected chi connectivity index (χ2v) is 6.26. The van der Waals surface area contributed by atoms with Crippen LogP contribution >= 0.6 is 0 Å². The second-order valence-electron chi connectivity index (χ2n) is 6.26. The Bertz CT molecular complexity index is 923. The van der Waals surface area contributed by atoms with Gasteiger partial charge in [0.25, 0.3) is 11.8 Å². The minimum absolute atomic E-state index is 0.0179. The Morgan fingerprint density at radius 2 is 2.12 bits per heavy atom. The van der Waals surface area contributed by atoms with Gasteiger partial charge in [0.1, 0.15) is 5.69 Å². The summed E-state index contributed by atoms with van der Waals surface area (Å²) in [7, 11) is 0. The minimum Gasteiger partial charge on any atom is -0.334 e. The van der Waals surface area contributed by atoms with E-state index in [0.29, 0.717) is 18.8 Å². The summed E-state index contributed by atoms with van der Waals surface area (Å²) in [5, 5.41) is 7.91. The summed E-state index contributed by atoms with van der Waals surface area (Å²) in [6.07, 6.45) is 1.70. The van der Waals surface area contributed by atoms with Gasteiger partial charge in [0.15, 0.2) is 5.67 Å². The zero-order valence-corrected chi connectivity index (χ0v) is 14.3. The SMILES string of the molecule is CCn1nccc1C(=O)N1CCC(F)(c2noc(-c3ccccc3)n2)C1. The van der Waals surface area contributed by atoms with Crippen molar-refractivity contribution >= 4 is 5.91 Å². The zero-order chi connectivity index (χ0) is 18.1. The van der Waals surface area contributed by atoms with E-state index in [-0.39, 0.29) is 30.6 Å². The highest BCUT2D eigenvalue weighted by molar-refractivity contribution is 5.92. The number of carbonyl (C=O) groups excluding carboxylic acids is 1. The standard InChI is InChI=1S/C18H18FN5O2/c1-2-24-14(8-10-20-24)16(25)23-11-9-18(19,12-23)17-21-15(26-22-17)13-6-4-3-5-7-13/h3-8,10H,2,9,11-12H2,1H3. The number of aromatic nitrogens is 4. The molecule has 1 aromatic carbocycles. The van der Waals surface area contributed by atoms with Crippen LogP contribution in [0.1, 0.15) is 29.7 Å². The maximum Gasteiger partial charge on any atom is 0.272 e. The maximum absolute atomic E-state index is 15.4. The predicted molar refractivity (Wildman–Crippen MR) is 90.9 cm³/mol. The Morgan fingerprint density at radius 1 is 1.31 bits per heavy atom. The second kappa shape index (κ2) is 6.36. The van der Waals surface area contributed by atoms with Crippen LogP contribution in [0.4, 0.5) is 4.39 Å². The lowest BCUT2D eigenvalue weighted by Crippen LogP contribution is -2.34. The van der Waals surface area contributed by atoms with Crippen LogP contribution in [-0.4, -0.2) is 43.8 Å². The van der Waals surface area contributed by atoms with Crippen LogP contribution in [0.3, 0.4) is 0 Å². The van der Waals surface area contributed by atoms with Gasteiger partial charge in [-0.15, -0.1) is 0 Å². The first-order valence-electron chi connectivity index (χ1n) is 8.50. The maximum atomic E-state index is 15.4. The van der Waals surface area contributed by atoms with Crippen molar-refractivity contribution in [3.05, 3.63) is 54.1 Å². The van der Waals surface area contributed by atoms with Gasteiger partial charge in [-0.1, -0.05) is 23.4 Å². The normalized spacial score (nSPS) is 19.8. The summed E-state index contributed by atoms with van der Waals surface area (Å²) in [6.45, 7) is 2.67. The first-order valence-corrected chi connectivity index (χ1v) is 8.50. The molecule has 1 aliphatic rings. The fourth-order valence-electron chi connectivity index (χ4n) is 3.16. The Morgan fingerprint density at radius 3 is 2.88 bits per heavy atom. The van der Waals surface area contributed by atoms with Gasteiger partial charge in [-0.25, -0.2) is 4.39 Å². The van der Waals surface area contributed by atoms with E-state index in [1.165, 1.54) is 4.90 Å². The summed E-state index contributed by atoms with van der Waals surface area (Å²) in [5.41, 5.74) is -0.633. The minimum atomic E-state index is -1.82. The van der Waals surface area contributed by atoms with Crippen molar-refractivity contribution in [1.29, 1.82) is 0 Å². The first kappa shape index (κ1) is 16.4. The van der Waals surface area contributed by atoms with Gasteiger partial charge in [-0.3, -0.25) is 9.48 Å². The van der Waals surface area contributed by atoms with E-state index in [1.807, 2.05) is 37.3 Å². The molecule has 1 fully saturated rings. The summed E-state index contributed by atoms with van der Waals surface area (Å²) < 4.78 is 22.2. The van der Waals surface area contributed by atoms with E-state index >= 15 is 4.39 Å². The largest absolute Gasteiger partial charge is 0.334 e. The van der Waals surface area contributed by atoms with Crippen molar-refractivity contribution in [3.63, 3.8) is 0 Å². The molecule has 1 aliphatic heterocycles. The summed E-state index contributed by atoms with van der Waals surface area (Å²) >= 11 is 0. The van der Waals surface area contributed by atoms with Gasteiger partial charge in [-0.2, -0.15) is 10.1 Å². The number of hydrogen-bond acceptors (Lipinski definition) is 5. The van der Waals surface area contributed by atoms with Crippen molar-refractivity contribution in [1.82, 2.24) is 24.8 Å². The number of aryl methyl sites for hydroxylation is 1. The van der Waals surface area contributed by atoms with Crippen LogP contribution in [0.15, 0.2) is 47.1 Å². The van der Waals surface area contributed by atoms with Crippen LogP contribution in [0.5, 0.6) is 0 Å². The van der Waals surface area contributed by atoms with E-state index in [0.717, 1.165) is 5.56 Å². The molecule has 4 rings (SSSR count). The molecule has 0 N–H and O–H groups in total. The predicted octanol–water partition coefficient (Wildman–Crippen LogP) is 2.66. The molecule has 1 saturated heterocycles. The highest BCUT2D eigenvalue weighted by Gasteiger charge is 2.46. The van der Waals surface area contributed by atoms with Gasteiger partial charge in [0.05, 0.1) is 6.54 Å². The lowest BCUT2D eigenvalue weighted by Gasteiger charge is -2.18. The van der Waals surface area contributed by atoms with E-state index in [9.17, 15) is 4.79 Å². The number of amides is 1. The number of alkyl halides is 1. The molecule has 3 heterocycles. The molecule has 0 bridgehead atoms. The van der Waals surface area contributed by atoms with Crippen molar-refractivity contribution in [2.24, 2.45) is 0 Å². The highest BCUT2D eigenvalue weighted by atomic mass is 19.1. The van der Waals surface area contributed by atoms with Crippen LogP contribution < -0.4 is 0 Å². The molecular weight excluding hydrogens is 337 g/mol. The molecule has 3 aromatic rings. The average Bonchev–Trinajstić information content (AvgIpc) is 3.41. The van der Waals surface area contributed by atoms with Crippen molar-refractivity contribution < 1.29 is 13.7 Å². The molecule has 0 radical (unpaired) electrons. The Kier molecular flexibility index (Phi) is 4.02. The Hall–Kier alpha value is -3.03. The van der Waals surface area contributed by atoms with Crippen molar-refractivity contribution in [2.75, 3.05) is 13.1 Å². The van der Waals surface area contributed by atoms with Gasteiger partial charge in [0.2, 0.25) is 5.82 Å². The smallest absolute Gasteiger partial charge is 0.272 e. The molecule has 0 saturated carbocycles. The first-order chi connectivity index (χ1) is 12.6. The summed E-state index contributed by atoms with van der Waals surface area (Å²) in [5.74, 6) is 0.0118. The lowest BCUT2D eigenvalue weighted by molar-refractivity contribution is 0.0731. The molecule has 8 heteroatoms. The molecule has 1 amide bonds. The van der Waals surface area contributed by atoms with Crippen LogP contribution in [0, 0.1) is 0 Å². The number of carbonyl (C=O) groups is 1. The Balaban J connectivity index is 1.54. The quantitative estimate of drug-likeness (QED) is 0.719. The average molecular weight is 355 g/mol. The van der Waals surface area contributed by atoms with Gasteiger partial charge < -0.3 is 9.42 Å². The summed E-state index contributed by atoms with van der Waals surface area (Å²) in [4.78, 5) is 18.4. The van der Waals surface area contributed by atoms with E-state index in [2.05, 4.69) is 15.2 Å². The Labute approximate surface area is 149 Å². The van der Waals surface area contributed by atoms with E-state index in [4.69, 9.17) is 4.52 Å². The highest BCUT2D eigenvalue weighted by Crippen LogP contribution is 2.36. The fourth-order valence-corrected chi connectivity index (χ4v) is 3.16. The van der Waals surface area contributed by atoms with Gasteiger partial charge in [0, 0.05) is 31.3 Å². The third kappa shape index (κ3) is 2.77. The van der Waals surface area contributed by atoms with E-state index in [1.54, 1.807) is 16.9 Å². The third-order valence-corrected chi connectivity index (χ3v) is 4.59. The monoisotopic (exact) mass is 355 g/mol. The van der Waals surface area contributed by atoms with Gasteiger partial charge in [-0.05, 0) is 25.1 Å². The molecule has 1 atom stereocenters. The number of halogens is 1. The fraction of sp³-hybridized carbons (Fsp3) is 0.333. The number of nitrogens with zero attached hydrogens (tertiary/aromatic N) is 5. The molecule has 7 nitrogen and oxygen atoms in total. The number of likely N-dealkylation sites (tertiary alicyclic amines) is 1. The molecular formula is C18H18FN5O2. The molecule has 26 heavy (non-hydrogen) atoms. The molecule has 0 spiro atoms. The zero-order valence-electron chi connectivity index (χ0n) is 14.3. The third-order valence-electron chi connectivity index (χ3n) is 4.59. The van der Waals surface area contributed by atoms with Crippen molar-refractivity contribution in [2.45, 2.75) is 25.6 Å². The molecule has 134 valence electrons. The topological polar surface area (TPSA) is 77.0 Å². The lowest BCUT2D eigenvalue weighted by atomic mass is 10.1. The number of rotatable bonds is 4. The number of benzene rings is 1.